The minimum Gasteiger partial charge on any atom is -0.345 e. The molecule has 1 fully saturated rings. The first-order chi connectivity index (χ1) is 14.2. The van der Waals surface area contributed by atoms with Crippen molar-refractivity contribution in [1.82, 2.24) is 4.90 Å². The first-order valence-electron chi connectivity index (χ1n) is 10.1. The van der Waals surface area contributed by atoms with Crippen LogP contribution in [-0.2, 0) is 14.6 Å². The Morgan fingerprint density at radius 1 is 1.13 bits per heavy atom. The van der Waals surface area contributed by atoms with E-state index in [1.54, 1.807) is 24.1 Å². The lowest BCUT2D eigenvalue weighted by atomic mass is 9.79. The predicted octanol–water partition coefficient (Wildman–Crippen LogP) is 3.92. The minimum atomic E-state index is -3.28. The lowest BCUT2D eigenvalue weighted by Gasteiger charge is -2.33. The van der Waals surface area contributed by atoms with Gasteiger partial charge in [0.05, 0.1) is 10.9 Å². The molecule has 0 radical (unpaired) electrons. The van der Waals surface area contributed by atoms with E-state index in [9.17, 15) is 18.1 Å². The van der Waals surface area contributed by atoms with Gasteiger partial charge < -0.3 is 4.90 Å². The predicted molar refractivity (Wildman–Crippen MR) is 117 cm³/mol. The van der Waals surface area contributed by atoms with Crippen LogP contribution in [0, 0.1) is 17.7 Å². The van der Waals surface area contributed by atoms with Crippen molar-refractivity contribution >= 4 is 15.7 Å². The molecule has 0 aliphatic carbocycles. The van der Waals surface area contributed by atoms with Crippen LogP contribution in [0.2, 0.25) is 0 Å². The lowest BCUT2D eigenvalue weighted by Crippen LogP contribution is -2.41. The number of nitrogens with zero attached hydrogens (tertiary/aromatic N) is 2. The van der Waals surface area contributed by atoms with Crippen molar-refractivity contribution in [2.24, 2.45) is 11.1 Å². The van der Waals surface area contributed by atoms with E-state index in [0.717, 1.165) is 16.7 Å². The van der Waals surface area contributed by atoms with Crippen molar-refractivity contribution in [3.05, 3.63) is 70.1 Å². The van der Waals surface area contributed by atoms with Crippen LogP contribution in [0.3, 0.4) is 0 Å². The number of carbonyl (C=O) groups excluding carboxylic acids is 1. The molecule has 3 unspecified atom stereocenters. The number of carbonyl (C=O) groups is 1. The summed E-state index contributed by atoms with van der Waals surface area (Å²) in [5, 5.41) is 3.46. The topological polar surface area (TPSA) is 83.9 Å². The largest absolute Gasteiger partial charge is 0.345 e. The molecule has 0 bridgehead atoms. The van der Waals surface area contributed by atoms with E-state index in [0.29, 0.717) is 25.8 Å². The maximum Gasteiger partial charge on any atom is 0.222 e. The maximum absolute atomic E-state index is 11.8. The summed E-state index contributed by atoms with van der Waals surface area (Å²) < 4.78 is 23.7. The number of benzene rings is 2. The molecule has 0 saturated carbocycles. The summed E-state index contributed by atoms with van der Waals surface area (Å²) in [5.41, 5.74) is 3.15. The standard InChI is InChI=1S/C23H28N2O4S/c1-16-6-4-5-7-20(16)21(17-8-11-19(12-9-17)30(3,28)29)14-22(24-27)18-10-13-23(26)25(2)15-18/h4-9,11-12,18,21-22H,10,13-15H2,1-3H3. The van der Waals surface area contributed by atoms with Crippen molar-refractivity contribution < 1.29 is 13.2 Å². The Bertz CT molecular complexity index is 1020. The van der Waals surface area contributed by atoms with Crippen LogP contribution in [-0.4, -0.2) is 45.1 Å². The molecule has 1 saturated heterocycles. The molecule has 2 aromatic carbocycles. The van der Waals surface area contributed by atoms with E-state index in [2.05, 4.69) is 5.18 Å². The number of piperidine rings is 1. The Hall–Kier alpha value is -2.54. The van der Waals surface area contributed by atoms with E-state index in [-0.39, 0.29) is 22.6 Å². The number of sulfone groups is 1. The van der Waals surface area contributed by atoms with Gasteiger partial charge in [-0.05, 0) is 48.6 Å². The molecule has 0 N–H and O–H groups in total. The molecule has 160 valence electrons. The molecule has 3 atom stereocenters. The molecule has 30 heavy (non-hydrogen) atoms. The summed E-state index contributed by atoms with van der Waals surface area (Å²) in [6.45, 7) is 2.56. The van der Waals surface area contributed by atoms with E-state index in [1.807, 2.05) is 43.3 Å². The zero-order chi connectivity index (χ0) is 21.9. The number of amides is 1. The number of aryl methyl sites for hydroxylation is 1. The second-order valence-corrected chi connectivity index (χ2v) is 10.2. The molecule has 6 nitrogen and oxygen atoms in total. The summed E-state index contributed by atoms with van der Waals surface area (Å²) >= 11 is 0. The maximum atomic E-state index is 11.8. The number of hydrogen-bond donors (Lipinski definition) is 0. The zero-order valence-corrected chi connectivity index (χ0v) is 18.4. The van der Waals surface area contributed by atoms with Gasteiger partial charge in [0.1, 0.15) is 0 Å². The van der Waals surface area contributed by atoms with Gasteiger partial charge in [0.2, 0.25) is 5.91 Å². The van der Waals surface area contributed by atoms with Crippen molar-refractivity contribution in [1.29, 1.82) is 0 Å². The quantitative estimate of drug-likeness (QED) is 0.626. The van der Waals surface area contributed by atoms with Crippen molar-refractivity contribution in [2.45, 2.75) is 43.0 Å². The second kappa shape index (κ2) is 9.08. The molecule has 3 rings (SSSR count). The van der Waals surface area contributed by atoms with Crippen LogP contribution in [0.5, 0.6) is 0 Å². The van der Waals surface area contributed by atoms with Gasteiger partial charge in [0, 0.05) is 38.1 Å². The van der Waals surface area contributed by atoms with Gasteiger partial charge in [-0.1, -0.05) is 41.6 Å². The van der Waals surface area contributed by atoms with Gasteiger partial charge in [0.25, 0.3) is 0 Å². The summed E-state index contributed by atoms with van der Waals surface area (Å²) in [4.78, 5) is 25.6. The number of rotatable bonds is 7. The second-order valence-electron chi connectivity index (χ2n) is 8.23. The highest BCUT2D eigenvalue weighted by molar-refractivity contribution is 7.90. The zero-order valence-electron chi connectivity index (χ0n) is 17.6. The van der Waals surface area contributed by atoms with Crippen molar-refractivity contribution in [3.63, 3.8) is 0 Å². The third-order valence-corrected chi connectivity index (χ3v) is 7.22. The SMILES string of the molecule is Cc1ccccc1C(CC(N=O)C1CCC(=O)N(C)C1)c1ccc(S(C)(=O)=O)cc1. The number of likely N-dealkylation sites (tertiary alicyclic amines) is 1. The Balaban J connectivity index is 1.95. The van der Waals surface area contributed by atoms with Crippen LogP contribution in [0.25, 0.3) is 0 Å². The fraction of sp³-hybridized carbons (Fsp3) is 0.435. The van der Waals surface area contributed by atoms with Gasteiger partial charge in [-0.25, -0.2) is 8.42 Å². The smallest absolute Gasteiger partial charge is 0.222 e. The fourth-order valence-electron chi connectivity index (χ4n) is 4.29. The highest BCUT2D eigenvalue weighted by Crippen LogP contribution is 2.36. The molecule has 1 amide bonds. The Morgan fingerprint density at radius 3 is 2.37 bits per heavy atom. The monoisotopic (exact) mass is 428 g/mol. The molecule has 0 aromatic heterocycles. The molecular formula is C23H28N2O4S. The van der Waals surface area contributed by atoms with Crippen LogP contribution >= 0.6 is 0 Å². The van der Waals surface area contributed by atoms with Crippen LogP contribution in [0.1, 0.15) is 41.9 Å². The Morgan fingerprint density at radius 2 is 1.80 bits per heavy atom. The summed E-state index contributed by atoms with van der Waals surface area (Å²) in [6.07, 6.45) is 2.80. The fourth-order valence-corrected chi connectivity index (χ4v) is 4.92. The molecule has 0 spiro atoms. The van der Waals surface area contributed by atoms with Crippen LogP contribution < -0.4 is 0 Å². The molecule has 1 aliphatic rings. The van der Waals surface area contributed by atoms with Crippen molar-refractivity contribution in [3.8, 4) is 0 Å². The van der Waals surface area contributed by atoms with Crippen molar-refractivity contribution in [2.75, 3.05) is 19.8 Å². The van der Waals surface area contributed by atoms with Gasteiger partial charge >= 0.3 is 0 Å². The summed E-state index contributed by atoms with van der Waals surface area (Å²) in [6, 6.07) is 14.5. The first kappa shape index (κ1) is 22.2. The van der Waals surface area contributed by atoms with Crippen LogP contribution in [0.4, 0.5) is 0 Å². The molecule has 1 aliphatic heterocycles. The average Bonchev–Trinajstić information content (AvgIpc) is 2.71. The van der Waals surface area contributed by atoms with E-state index < -0.39 is 15.9 Å². The molecule has 7 heteroatoms. The minimum absolute atomic E-state index is 0.0204. The molecule has 2 aromatic rings. The van der Waals surface area contributed by atoms with E-state index in [1.165, 1.54) is 6.26 Å². The average molecular weight is 429 g/mol. The van der Waals surface area contributed by atoms with E-state index >= 15 is 0 Å². The summed E-state index contributed by atoms with van der Waals surface area (Å²) in [7, 11) is -1.52. The Kier molecular flexibility index (Phi) is 6.71. The third kappa shape index (κ3) is 4.95. The Labute approximate surface area is 178 Å². The third-order valence-electron chi connectivity index (χ3n) is 6.09. The highest BCUT2D eigenvalue weighted by atomic mass is 32.2. The van der Waals surface area contributed by atoms with E-state index in [4.69, 9.17) is 0 Å². The summed E-state index contributed by atoms with van der Waals surface area (Å²) in [5.74, 6) is 0.0279. The molecular weight excluding hydrogens is 400 g/mol. The van der Waals surface area contributed by atoms with Gasteiger partial charge in [-0.15, -0.1) is 0 Å². The highest BCUT2D eigenvalue weighted by Gasteiger charge is 2.33. The van der Waals surface area contributed by atoms with Gasteiger partial charge in [-0.2, -0.15) is 4.91 Å². The van der Waals surface area contributed by atoms with Gasteiger partial charge in [0.15, 0.2) is 9.84 Å². The number of hydrogen-bond acceptors (Lipinski definition) is 5. The number of nitroso groups, excluding NO2 is 1. The van der Waals surface area contributed by atoms with Gasteiger partial charge in [-0.3, -0.25) is 4.79 Å². The molecule has 1 heterocycles. The lowest BCUT2D eigenvalue weighted by molar-refractivity contribution is -0.133. The normalized spacial score (nSPS) is 19.4. The first-order valence-corrected chi connectivity index (χ1v) is 12.0. The van der Waals surface area contributed by atoms with Crippen LogP contribution in [0.15, 0.2) is 58.6 Å².